The van der Waals surface area contributed by atoms with E-state index < -0.39 is 0 Å². The van der Waals surface area contributed by atoms with E-state index in [0.717, 1.165) is 11.3 Å². The molecule has 0 saturated carbocycles. The highest BCUT2D eigenvalue weighted by atomic mass is 16.5. The van der Waals surface area contributed by atoms with E-state index in [-0.39, 0.29) is 18.0 Å². The lowest BCUT2D eigenvalue weighted by Crippen LogP contribution is -2.41. The van der Waals surface area contributed by atoms with Gasteiger partial charge in [-0.25, -0.2) is 0 Å². The molecule has 0 saturated heterocycles. The van der Waals surface area contributed by atoms with Gasteiger partial charge in [-0.2, -0.15) is 0 Å². The number of carbonyl (C=O) groups is 1. The summed E-state index contributed by atoms with van der Waals surface area (Å²) in [6, 6.07) is 8.08. The zero-order valence-corrected chi connectivity index (χ0v) is 13.1. The van der Waals surface area contributed by atoms with Gasteiger partial charge in [0.05, 0.1) is 13.7 Å². The van der Waals surface area contributed by atoms with E-state index >= 15 is 0 Å². The minimum Gasteiger partial charge on any atom is -0.496 e. The Kier molecular flexibility index (Phi) is 6.52. The van der Waals surface area contributed by atoms with Gasteiger partial charge in [0.25, 0.3) is 0 Å². The third kappa shape index (κ3) is 4.85. The fraction of sp³-hybridized carbons (Fsp3) is 0.562. The smallest absolute Gasteiger partial charge is 0.234 e. The van der Waals surface area contributed by atoms with Crippen LogP contribution in [-0.2, 0) is 4.79 Å². The van der Waals surface area contributed by atoms with Gasteiger partial charge in [-0.05, 0) is 25.8 Å². The Morgan fingerprint density at radius 1 is 1.20 bits per heavy atom. The standard InChI is InChI=1S/C16H26N2O2/c1-11(2)12(3)18-16(19)10-17-13(4)14-8-6-7-9-15(14)20-5/h6-9,11-13,17H,10H2,1-5H3,(H,18,19)/t12?,13-/m1/s1. The van der Waals surface area contributed by atoms with Gasteiger partial charge >= 0.3 is 0 Å². The second-order valence-electron chi connectivity index (χ2n) is 5.44. The Morgan fingerprint density at radius 3 is 2.45 bits per heavy atom. The molecule has 4 heteroatoms. The maximum atomic E-state index is 11.8. The van der Waals surface area contributed by atoms with Gasteiger partial charge in [0.15, 0.2) is 0 Å². The lowest BCUT2D eigenvalue weighted by molar-refractivity contribution is -0.121. The molecule has 0 spiro atoms. The van der Waals surface area contributed by atoms with Crippen molar-refractivity contribution in [1.82, 2.24) is 10.6 Å². The van der Waals surface area contributed by atoms with Crippen molar-refractivity contribution in [2.75, 3.05) is 13.7 Å². The summed E-state index contributed by atoms with van der Waals surface area (Å²) in [5.74, 6) is 1.29. The van der Waals surface area contributed by atoms with Crippen molar-refractivity contribution >= 4 is 5.91 Å². The topological polar surface area (TPSA) is 50.4 Å². The van der Waals surface area contributed by atoms with Crippen molar-refractivity contribution in [2.45, 2.75) is 39.8 Å². The first kappa shape index (κ1) is 16.5. The minimum atomic E-state index is 0.0212. The Bertz CT molecular complexity index is 432. The highest BCUT2D eigenvalue weighted by Crippen LogP contribution is 2.23. The number of nitrogens with one attached hydrogen (secondary N) is 2. The molecule has 0 heterocycles. The molecular weight excluding hydrogens is 252 g/mol. The monoisotopic (exact) mass is 278 g/mol. The predicted molar refractivity (Wildman–Crippen MR) is 81.9 cm³/mol. The number of ether oxygens (including phenoxy) is 1. The van der Waals surface area contributed by atoms with Crippen LogP contribution in [0, 0.1) is 5.92 Å². The summed E-state index contributed by atoms with van der Waals surface area (Å²) in [4.78, 5) is 11.8. The second kappa shape index (κ2) is 7.90. The average Bonchev–Trinajstić information content (AvgIpc) is 2.44. The average molecular weight is 278 g/mol. The Hall–Kier alpha value is -1.55. The van der Waals surface area contributed by atoms with E-state index in [1.165, 1.54) is 0 Å². The lowest BCUT2D eigenvalue weighted by Gasteiger charge is -2.20. The second-order valence-corrected chi connectivity index (χ2v) is 5.44. The molecule has 1 amide bonds. The zero-order chi connectivity index (χ0) is 15.1. The Labute approximate surface area is 121 Å². The first-order valence-electron chi connectivity index (χ1n) is 7.11. The summed E-state index contributed by atoms with van der Waals surface area (Å²) in [5, 5.41) is 6.21. The van der Waals surface area contributed by atoms with Gasteiger partial charge in [0.1, 0.15) is 5.75 Å². The summed E-state index contributed by atoms with van der Waals surface area (Å²) in [7, 11) is 1.66. The molecule has 0 bridgehead atoms. The van der Waals surface area contributed by atoms with Crippen molar-refractivity contribution in [3.8, 4) is 5.75 Å². The Morgan fingerprint density at radius 2 is 1.85 bits per heavy atom. The molecule has 0 fully saturated rings. The predicted octanol–water partition coefficient (Wildman–Crippen LogP) is 2.51. The highest BCUT2D eigenvalue weighted by molar-refractivity contribution is 5.78. The van der Waals surface area contributed by atoms with Crippen molar-refractivity contribution in [1.29, 1.82) is 0 Å². The maximum absolute atomic E-state index is 11.8. The molecular formula is C16H26N2O2. The molecule has 1 unspecified atom stereocenters. The van der Waals surface area contributed by atoms with Crippen LogP contribution in [0.1, 0.15) is 39.3 Å². The van der Waals surface area contributed by atoms with Crippen LogP contribution in [0.25, 0.3) is 0 Å². The van der Waals surface area contributed by atoms with Crippen molar-refractivity contribution in [3.05, 3.63) is 29.8 Å². The van der Waals surface area contributed by atoms with Crippen LogP contribution in [-0.4, -0.2) is 25.6 Å². The van der Waals surface area contributed by atoms with Gasteiger partial charge in [-0.15, -0.1) is 0 Å². The number of methoxy groups -OCH3 is 1. The molecule has 1 rings (SSSR count). The van der Waals surface area contributed by atoms with Crippen molar-refractivity contribution < 1.29 is 9.53 Å². The number of benzene rings is 1. The molecule has 0 radical (unpaired) electrons. The maximum Gasteiger partial charge on any atom is 0.234 e. The number of para-hydroxylation sites is 1. The number of carbonyl (C=O) groups excluding carboxylic acids is 1. The number of rotatable bonds is 7. The first-order valence-corrected chi connectivity index (χ1v) is 7.11. The van der Waals surface area contributed by atoms with Crippen LogP contribution in [0.5, 0.6) is 5.75 Å². The van der Waals surface area contributed by atoms with E-state index in [4.69, 9.17) is 4.74 Å². The van der Waals surface area contributed by atoms with Crippen LogP contribution >= 0.6 is 0 Å². The largest absolute Gasteiger partial charge is 0.496 e. The summed E-state index contributed by atoms with van der Waals surface area (Å²) < 4.78 is 5.33. The summed E-state index contributed by atoms with van der Waals surface area (Å²) >= 11 is 0. The molecule has 20 heavy (non-hydrogen) atoms. The van der Waals surface area contributed by atoms with E-state index in [9.17, 15) is 4.79 Å². The fourth-order valence-corrected chi connectivity index (χ4v) is 1.85. The summed E-state index contributed by atoms with van der Waals surface area (Å²) in [6.07, 6.45) is 0. The molecule has 1 aromatic rings. The molecule has 4 nitrogen and oxygen atoms in total. The molecule has 2 N–H and O–H groups in total. The number of amides is 1. The minimum absolute atomic E-state index is 0.0212. The zero-order valence-electron chi connectivity index (χ0n) is 13.1. The van der Waals surface area contributed by atoms with Crippen molar-refractivity contribution in [2.24, 2.45) is 5.92 Å². The third-order valence-electron chi connectivity index (χ3n) is 3.56. The SMILES string of the molecule is COc1ccccc1[C@@H](C)NCC(=O)NC(C)C(C)C. The van der Waals surface area contributed by atoms with Gasteiger partial charge < -0.3 is 15.4 Å². The highest BCUT2D eigenvalue weighted by Gasteiger charge is 2.14. The summed E-state index contributed by atoms with van der Waals surface area (Å²) in [6.45, 7) is 8.53. The number of hydrogen-bond donors (Lipinski definition) is 2. The van der Waals surface area contributed by atoms with E-state index in [0.29, 0.717) is 12.5 Å². The van der Waals surface area contributed by atoms with Crippen LogP contribution in [0.15, 0.2) is 24.3 Å². The van der Waals surface area contributed by atoms with Crippen LogP contribution in [0.4, 0.5) is 0 Å². The van der Waals surface area contributed by atoms with Gasteiger partial charge in [0.2, 0.25) is 5.91 Å². The normalized spacial score (nSPS) is 13.9. The lowest BCUT2D eigenvalue weighted by atomic mass is 10.1. The van der Waals surface area contributed by atoms with Gasteiger partial charge in [-0.1, -0.05) is 32.0 Å². The Balaban J connectivity index is 2.51. The van der Waals surface area contributed by atoms with Crippen molar-refractivity contribution in [3.63, 3.8) is 0 Å². The molecule has 0 aliphatic heterocycles. The van der Waals surface area contributed by atoms with Gasteiger partial charge in [0, 0.05) is 17.6 Å². The number of hydrogen-bond acceptors (Lipinski definition) is 3. The fourth-order valence-electron chi connectivity index (χ4n) is 1.85. The van der Waals surface area contributed by atoms with E-state index in [1.54, 1.807) is 7.11 Å². The molecule has 0 aromatic heterocycles. The quantitative estimate of drug-likeness (QED) is 0.805. The third-order valence-corrected chi connectivity index (χ3v) is 3.56. The molecule has 112 valence electrons. The molecule has 1 aromatic carbocycles. The molecule has 0 aliphatic carbocycles. The molecule has 2 atom stereocenters. The van der Waals surface area contributed by atoms with Gasteiger partial charge in [-0.3, -0.25) is 4.79 Å². The van der Waals surface area contributed by atoms with Crippen LogP contribution < -0.4 is 15.4 Å². The van der Waals surface area contributed by atoms with Crippen LogP contribution in [0.3, 0.4) is 0 Å². The van der Waals surface area contributed by atoms with Crippen LogP contribution in [0.2, 0.25) is 0 Å². The van der Waals surface area contributed by atoms with E-state index in [1.807, 2.05) is 38.1 Å². The summed E-state index contributed by atoms with van der Waals surface area (Å²) in [5.41, 5.74) is 1.06. The first-order chi connectivity index (χ1) is 9.45. The molecule has 0 aliphatic rings. The van der Waals surface area contributed by atoms with E-state index in [2.05, 4.69) is 24.5 Å².